The summed E-state index contributed by atoms with van der Waals surface area (Å²) in [7, 11) is 0. The average Bonchev–Trinajstić information content (AvgIpc) is 2.43. The second-order valence-corrected chi connectivity index (χ2v) is 5.58. The fourth-order valence-electron chi connectivity index (χ4n) is 3.78. The van der Waals surface area contributed by atoms with Gasteiger partial charge in [-0.2, -0.15) is 0 Å². The normalized spacial score (nSPS) is 50.5. The zero-order valence-corrected chi connectivity index (χ0v) is 9.42. The molecule has 0 heterocycles. The Labute approximate surface area is 83.1 Å². The molecule has 5 unspecified atom stereocenters. The third-order valence-corrected chi connectivity index (χ3v) is 4.98. The lowest BCUT2D eigenvalue weighted by atomic mass is 9.72. The van der Waals surface area contributed by atoms with Crippen LogP contribution in [0.1, 0.15) is 52.9 Å². The lowest BCUT2D eigenvalue weighted by Gasteiger charge is -2.33. The van der Waals surface area contributed by atoms with E-state index in [2.05, 4.69) is 20.8 Å². The van der Waals surface area contributed by atoms with E-state index >= 15 is 0 Å². The Morgan fingerprint density at radius 1 is 1.08 bits per heavy atom. The zero-order chi connectivity index (χ0) is 9.42. The van der Waals surface area contributed by atoms with E-state index in [1.165, 1.54) is 25.7 Å². The smallest absolute Gasteiger partial charge is 0.0355 e. The molecule has 0 N–H and O–H groups in total. The lowest BCUT2D eigenvalue weighted by Crippen LogP contribution is -2.23. The molecule has 0 spiro atoms. The van der Waals surface area contributed by atoms with Crippen LogP contribution in [0.25, 0.3) is 0 Å². The quantitative estimate of drug-likeness (QED) is 0.570. The van der Waals surface area contributed by atoms with Crippen molar-refractivity contribution in [3.8, 4) is 0 Å². The fourth-order valence-corrected chi connectivity index (χ4v) is 3.78. The van der Waals surface area contributed by atoms with E-state index in [9.17, 15) is 0 Å². The third kappa shape index (κ3) is 1.65. The average molecular weight is 180 g/mol. The van der Waals surface area contributed by atoms with Gasteiger partial charge in [-0.15, -0.1) is 0 Å². The van der Waals surface area contributed by atoms with E-state index in [0.29, 0.717) is 0 Å². The Morgan fingerprint density at radius 3 is 2.54 bits per heavy atom. The van der Waals surface area contributed by atoms with Crippen LogP contribution in [0.4, 0.5) is 0 Å². The first kappa shape index (κ1) is 9.55. The SMILES string of the molecule is CCC1CCC2CC(C)C(C)C2C1. The first-order chi connectivity index (χ1) is 6.22. The molecule has 0 aromatic rings. The Hall–Kier alpha value is 0. The van der Waals surface area contributed by atoms with Crippen LogP contribution in [0, 0.1) is 29.6 Å². The van der Waals surface area contributed by atoms with Crippen LogP contribution in [0.15, 0.2) is 0 Å². The summed E-state index contributed by atoms with van der Waals surface area (Å²) in [5, 5.41) is 0. The summed E-state index contributed by atoms with van der Waals surface area (Å²) < 4.78 is 0. The van der Waals surface area contributed by atoms with E-state index in [1.54, 1.807) is 6.42 Å². The predicted molar refractivity (Wildman–Crippen MR) is 57.6 cm³/mol. The number of hydrogen-bond acceptors (Lipinski definition) is 0. The van der Waals surface area contributed by atoms with Crippen molar-refractivity contribution in [1.29, 1.82) is 0 Å². The minimum absolute atomic E-state index is 1.01. The fraction of sp³-hybridized carbons (Fsp3) is 1.00. The van der Waals surface area contributed by atoms with Crippen molar-refractivity contribution in [2.24, 2.45) is 29.6 Å². The van der Waals surface area contributed by atoms with E-state index in [-0.39, 0.29) is 0 Å². The van der Waals surface area contributed by atoms with Crippen LogP contribution in [0.5, 0.6) is 0 Å². The van der Waals surface area contributed by atoms with Gasteiger partial charge in [-0.25, -0.2) is 0 Å². The maximum absolute atomic E-state index is 2.49. The maximum atomic E-state index is 2.49. The molecule has 0 aliphatic heterocycles. The second-order valence-electron chi connectivity index (χ2n) is 5.58. The maximum Gasteiger partial charge on any atom is -0.0355 e. The lowest BCUT2D eigenvalue weighted by molar-refractivity contribution is 0.173. The van der Waals surface area contributed by atoms with E-state index in [0.717, 1.165) is 29.6 Å². The Morgan fingerprint density at radius 2 is 1.85 bits per heavy atom. The van der Waals surface area contributed by atoms with Crippen LogP contribution in [-0.2, 0) is 0 Å². The third-order valence-electron chi connectivity index (χ3n) is 4.98. The molecule has 2 saturated carbocycles. The summed E-state index contributed by atoms with van der Waals surface area (Å²) in [5.74, 6) is 5.28. The molecule has 0 saturated heterocycles. The van der Waals surface area contributed by atoms with Crippen molar-refractivity contribution in [3.05, 3.63) is 0 Å². The highest BCUT2D eigenvalue weighted by Crippen LogP contribution is 2.50. The molecule has 2 aliphatic rings. The zero-order valence-electron chi connectivity index (χ0n) is 9.42. The molecular weight excluding hydrogens is 156 g/mol. The number of fused-ring (bicyclic) bond motifs is 1. The van der Waals surface area contributed by atoms with Gasteiger partial charge in [0.05, 0.1) is 0 Å². The van der Waals surface area contributed by atoms with Crippen molar-refractivity contribution < 1.29 is 0 Å². The molecule has 2 fully saturated rings. The van der Waals surface area contributed by atoms with Gasteiger partial charge in [0.1, 0.15) is 0 Å². The van der Waals surface area contributed by atoms with Crippen molar-refractivity contribution in [3.63, 3.8) is 0 Å². The van der Waals surface area contributed by atoms with Gasteiger partial charge in [0, 0.05) is 0 Å². The largest absolute Gasteiger partial charge is 0.0651 e. The van der Waals surface area contributed by atoms with E-state index in [4.69, 9.17) is 0 Å². The van der Waals surface area contributed by atoms with Gasteiger partial charge < -0.3 is 0 Å². The van der Waals surface area contributed by atoms with Crippen LogP contribution in [0.3, 0.4) is 0 Å². The highest BCUT2D eigenvalue weighted by atomic mass is 14.5. The summed E-state index contributed by atoms with van der Waals surface area (Å²) in [6.45, 7) is 7.32. The van der Waals surface area contributed by atoms with Crippen molar-refractivity contribution >= 4 is 0 Å². The highest BCUT2D eigenvalue weighted by molar-refractivity contribution is 4.91. The Kier molecular flexibility index (Phi) is 2.67. The Balaban J connectivity index is 2.01. The molecule has 0 amide bonds. The number of rotatable bonds is 1. The summed E-state index contributed by atoms with van der Waals surface area (Å²) in [5.41, 5.74) is 0. The molecule has 5 atom stereocenters. The first-order valence-corrected chi connectivity index (χ1v) is 6.22. The molecule has 13 heavy (non-hydrogen) atoms. The highest BCUT2D eigenvalue weighted by Gasteiger charge is 2.41. The molecule has 0 aromatic carbocycles. The summed E-state index contributed by atoms with van der Waals surface area (Å²) in [4.78, 5) is 0. The van der Waals surface area contributed by atoms with Gasteiger partial charge in [0.25, 0.3) is 0 Å². The van der Waals surface area contributed by atoms with Gasteiger partial charge >= 0.3 is 0 Å². The molecule has 0 radical (unpaired) electrons. The molecule has 2 rings (SSSR count). The second kappa shape index (κ2) is 3.63. The first-order valence-electron chi connectivity index (χ1n) is 6.22. The summed E-state index contributed by atoms with van der Waals surface area (Å²) in [6, 6.07) is 0. The molecule has 0 nitrogen and oxygen atoms in total. The summed E-state index contributed by atoms with van der Waals surface area (Å²) in [6.07, 6.45) is 7.56. The minimum atomic E-state index is 1.01. The van der Waals surface area contributed by atoms with Crippen LogP contribution in [0.2, 0.25) is 0 Å². The molecule has 0 bridgehead atoms. The van der Waals surface area contributed by atoms with Crippen LogP contribution >= 0.6 is 0 Å². The summed E-state index contributed by atoms with van der Waals surface area (Å²) >= 11 is 0. The van der Waals surface area contributed by atoms with Gasteiger partial charge in [0.2, 0.25) is 0 Å². The molecule has 76 valence electrons. The predicted octanol–water partition coefficient (Wildman–Crippen LogP) is 4.10. The topological polar surface area (TPSA) is 0 Å². The monoisotopic (exact) mass is 180 g/mol. The van der Waals surface area contributed by atoms with Gasteiger partial charge in [0.15, 0.2) is 0 Å². The van der Waals surface area contributed by atoms with Crippen molar-refractivity contribution in [2.45, 2.75) is 52.9 Å². The van der Waals surface area contributed by atoms with Gasteiger partial charge in [-0.1, -0.05) is 33.6 Å². The van der Waals surface area contributed by atoms with Crippen LogP contribution in [-0.4, -0.2) is 0 Å². The molecule has 0 heteroatoms. The molecule has 0 aromatic heterocycles. The van der Waals surface area contributed by atoms with Crippen molar-refractivity contribution in [1.82, 2.24) is 0 Å². The standard InChI is InChI=1S/C13H24/c1-4-11-5-6-12-7-9(2)10(3)13(12)8-11/h9-13H,4-8H2,1-3H3. The van der Waals surface area contributed by atoms with Crippen molar-refractivity contribution in [2.75, 3.05) is 0 Å². The number of hydrogen-bond donors (Lipinski definition) is 0. The molecule has 2 aliphatic carbocycles. The van der Waals surface area contributed by atoms with E-state index in [1.807, 2.05) is 0 Å². The van der Waals surface area contributed by atoms with Gasteiger partial charge in [-0.3, -0.25) is 0 Å². The van der Waals surface area contributed by atoms with Gasteiger partial charge in [-0.05, 0) is 48.9 Å². The molecular formula is C13H24. The minimum Gasteiger partial charge on any atom is -0.0651 e. The van der Waals surface area contributed by atoms with E-state index < -0.39 is 0 Å². The van der Waals surface area contributed by atoms with Crippen LogP contribution < -0.4 is 0 Å². The Bertz CT molecular complexity index is 173.